The molecule has 0 N–H and O–H groups in total. The summed E-state index contributed by atoms with van der Waals surface area (Å²) in [6.45, 7) is 4.26. The van der Waals surface area contributed by atoms with Crippen LogP contribution in [0.2, 0.25) is 0 Å². The van der Waals surface area contributed by atoms with Gasteiger partial charge in [-0.05, 0) is 31.2 Å². The number of hydrogen-bond acceptors (Lipinski definition) is 3. The Morgan fingerprint density at radius 3 is 2.20 bits per heavy atom. The summed E-state index contributed by atoms with van der Waals surface area (Å²) in [5.41, 5.74) is 0.665. The predicted octanol–water partition coefficient (Wildman–Crippen LogP) is 2.36. The van der Waals surface area contributed by atoms with Gasteiger partial charge in [0.05, 0.1) is 6.61 Å². The summed E-state index contributed by atoms with van der Waals surface area (Å²) in [7, 11) is 0. The standard InChI is InChI=1S/C14H17BrN2O3/c1-2-20-14(19)17-9-7-16(8-10-17)13(18)11-3-5-12(15)6-4-11/h3-6H,2,7-10H2,1H3. The third-order valence-electron chi connectivity index (χ3n) is 3.18. The van der Waals surface area contributed by atoms with E-state index in [0.29, 0.717) is 38.3 Å². The Hall–Kier alpha value is -1.56. The van der Waals surface area contributed by atoms with Gasteiger partial charge in [-0.2, -0.15) is 0 Å². The highest BCUT2D eigenvalue weighted by Gasteiger charge is 2.25. The highest BCUT2D eigenvalue weighted by atomic mass is 79.9. The summed E-state index contributed by atoms with van der Waals surface area (Å²) in [4.78, 5) is 27.3. The van der Waals surface area contributed by atoms with Gasteiger partial charge in [-0.3, -0.25) is 4.79 Å². The Morgan fingerprint density at radius 2 is 1.65 bits per heavy atom. The first kappa shape index (κ1) is 14.8. The van der Waals surface area contributed by atoms with E-state index >= 15 is 0 Å². The van der Waals surface area contributed by atoms with Gasteiger partial charge in [0.2, 0.25) is 0 Å². The van der Waals surface area contributed by atoms with Crippen LogP contribution in [0.3, 0.4) is 0 Å². The van der Waals surface area contributed by atoms with Crippen molar-refractivity contribution in [3.63, 3.8) is 0 Å². The number of carbonyl (C=O) groups excluding carboxylic acids is 2. The van der Waals surface area contributed by atoms with Crippen molar-refractivity contribution >= 4 is 27.9 Å². The average molecular weight is 341 g/mol. The maximum Gasteiger partial charge on any atom is 0.409 e. The largest absolute Gasteiger partial charge is 0.450 e. The number of piperazine rings is 1. The Bertz CT molecular complexity index is 482. The van der Waals surface area contributed by atoms with Crippen molar-refractivity contribution in [2.24, 2.45) is 0 Å². The lowest BCUT2D eigenvalue weighted by molar-refractivity contribution is 0.0570. The van der Waals surface area contributed by atoms with Gasteiger partial charge in [0.1, 0.15) is 0 Å². The third-order valence-corrected chi connectivity index (χ3v) is 3.71. The number of benzene rings is 1. The van der Waals surface area contributed by atoms with E-state index in [4.69, 9.17) is 4.74 Å². The minimum absolute atomic E-state index is 0.000934. The number of ether oxygens (including phenoxy) is 1. The molecule has 1 aromatic carbocycles. The molecule has 0 bridgehead atoms. The van der Waals surface area contributed by atoms with Gasteiger partial charge < -0.3 is 14.5 Å². The second kappa shape index (κ2) is 6.74. The SMILES string of the molecule is CCOC(=O)N1CCN(C(=O)c2ccc(Br)cc2)CC1. The first-order valence-corrected chi connectivity index (χ1v) is 7.37. The first-order chi connectivity index (χ1) is 9.61. The van der Waals surface area contributed by atoms with Crippen LogP contribution in [0.4, 0.5) is 4.79 Å². The van der Waals surface area contributed by atoms with Crippen LogP contribution in [0, 0.1) is 0 Å². The fraction of sp³-hybridized carbons (Fsp3) is 0.429. The molecule has 1 saturated heterocycles. The van der Waals surface area contributed by atoms with Crippen molar-refractivity contribution in [3.8, 4) is 0 Å². The van der Waals surface area contributed by atoms with Crippen molar-refractivity contribution < 1.29 is 14.3 Å². The van der Waals surface area contributed by atoms with Gasteiger partial charge in [0.15, 0.2) is 0 Å². The topological polar surface area (TPSA) is 49.9 Å². The Labute approximate surface area is 126 Å². The Kier molecular flexibility index (Phi) is 5.00. The van der Waals surface area contributed by atoms with Crippen molar-refractivity contribution in [2.45, 2.75) is 6.92 Å². The van der Waals surface area contributed by atoms with Crippen molar-refractivity contribution in [1.82, 2.24) is 9.80 Å². The monoisotopic (exact) mass is 340 g/mol. The molecule has 6 heteroatoms. The highest BCUT2D eigenvalue weighted by molar-refractivity contribution is 9.10. The second-order valence-corrected chi connectivity index (χ2v) is 5.40. The van der Waals surface area contributed by atoms with E-state index in [1.165, 1.54) is 0 Å². The summed E-state index contributed by atoms with van der Waals surface area (Å²) in [5.74, 6) is 0.000934. The molecule has 0 spiro atoms. The van der Waals surface area contributed by atoms with Crippen LogP contribution in [-0.4, -0.2) is 54.6 Å². The summed E-state index contributed by atoms with van der Waals surface area (Å²) in [6.07, 6.45) is -0.303. The van der Waals surface area contributed by atoms with E-state index in [-0.39, 0.29) is 12.0 Å². The minimum atomic E-state index is -0.303. The van der Waals surface area contributed by atoms with E-state index in [2.05, 4.69) is 15.9 Å². The Morgan fingerprint density at radius 1 is 1.10 bits per heavy atom. The maximum absolute atomic E-state index is 12.3. The molecule has 1 fully saturated rings. The Balaban J connectivity index is 1.92. The molecule has 0 aromatic heterocycles. The molecule has 1 aliphatic rings. The molecule has 20 heavy (non-hydrogen) atoms. The second-order valence-electron chi connectivity index (χ2n) is 4.49. The van der Waals surface area contributed by atoms with Crippen LogP contribution >= 0.6 is 15.9 Å². The number of carbonyl (C=O) groups is 2. The van der Waals surface area contributed by atoms with Gasteiger partial charge in [0.25, 0.3) is 5.91 Å². The lowest BCUT2D eigenvalue weighted by Crippen LogP contribution is -2.50. The van der Waals surface area contributed by atoms with Gasteiger partial charge in [-0.25, -0.2) is 4.79 Å². The third kappa shape index (κ3) is 3.50. The van der Waals surface area contributed by atoms with Gasteiger partial charge in [-0.15, -0.1) is 0 Å². The molecule has 0 atom stereocenters. The molecule has 1 aromatic rings. The van der Waals surface area contributed by atoms with Crippen LogP contribution in [0.25, 0.3) is 0 Å². The zero-order valence-corrected chi connectivity index (χ0v) is 12.9. The van der Waals surface area contributed by atoms with Crippen LogP contribution < -0.4 is 0 Å². The summed E-state index contributed by atoms with van der Waals surface area (Å²) >= 11 is 3.35. The van der Waals surface area contributed by atoms with E-state index in [1.807, 2.05) is 12.1 Å². The maximum atomic E-state index is 12.3. The van der Waals surface area contributed by atoms with Gasteiger partial charge in [-0.1, -0.05) is 15.9 Å². The average Bonchev–Trinajstić information content (AvgIpc) is 2.48. The lowest BCUT2D eigenvalue weighted by Gasteiger charge is -2.34. The van der Waals surface area contributed by atoms with Crippen LogP contribution in [0.15, 0.2) is 28.7 Å². The summed E-state index contributed by atoms with van der Waals surface area (Å²) in [5, 5.41) is 0. The quantitative estimate of drug-likeness (QED) is 0.830. The molecular formula is C14H17BrN2O3. The van der Waals surface area contributed by atoms with Crippen molar-refractivity contribution in [2.75, 3.05) is 32.8 Å². The molecule has 0 radical (unpaired) electrons. The number of nitrogens with zero attached hydrogens (tertiary/aromatic N) is 2. The molecular weight excluding hydrogens is 324 g/mol. The number of hydrogen-bond donors (Lipinski definition) is 0. The molecule has 0 saturated carbocycles. The van der Waals surface area contributed by atoms with E-state index in [0.717, 1.165) is 4.47 Å². The van der Waals surface area contributed by atoms with E-state index in [1.54, 1.807) is 28.9 Å². The molecule has 2 rings (SSSR count). The zero-order valence-electron chi connectivity index (χ0n) is 11.3. The van der Waals surface area contributed by atoms with Crippen molar-refractivity contribution in [3.05, 3.63) is 34.3 Å². The summed E-state index contributed by atoms with van der Waals surface area (Å²) < 4.78 is 5.90. The number of rotatable bonds is 2. The lowest BCUT2D eigenvalue weighted by atomic mass is 10.2. The molecule has 108 valence electrons. The van der Waals surface area contributed by atoms with Crippen LogP contribution in [0.5, 0.6) is 0 Å². The van der Waals surface area contributed by atoms with Gasteiger partial charge in [0, 0.05) is 36.2 Å². The smallest absolute Gasteiger partial charge is 0.409 e. The molecule has 5 nitrogen and oxygen atoms in total. The highest BCUT2D eigenvalue weighted by Crippen LogP contribution is 2.14. The fourth-order valence-corrected chi connectivity index (χ4v) is 2.35. The molecule has 0 aliphatic carbocycles. The minimum Gasteiger partial charge on any atom is -0.450 e. The number of halogens is 1. The van der Waals surface area contributed by atoms with E-state index in [9.17, 15) is 9.59 Å². The molecule has 0 unspecified atom stereocenters. The van der Waals surface area contributed by atoms with Crippen LogP contribution in [0.1, 0.15) is 17.3 Å². The van der Waals surface area contributed by atoms with Crippen LogP contribution in [-0.2, 0) is 4.74 Å². The molecule has 1 aliphatic heterocycles. The van der Waals surface area contributed by atoms with Gasteiger partial charge >= 0.3 is 6.09 Å². The molecule has 2 amide bonds. The summed E-state index contributed by atoms with van der Waals surface area (Å²) in [6, 6.07) is 7.29. The number of amides is 2. The van der Waals surface area contributed by atoms with Crippen molar-refractivity contribution in [1.29, 1.82) is 0 Å². The predicted molar refractivity (Wildman–Crippen MR) is 78.6 cm³/mol. The molecule has 1 heterocycles. The first-order valence-electron chi connectivity index (χ1n) is 6.58. The normalized spacial score (nSPS) is 15.1. The zero-order chi connectivity index (χ0) is 14.5. The van der Waals surface area contributed by atoms with E-state index < -0.39 is 0 Å². The fourth-order valence-electron chi connectivity index (χ4n) is 2.08.